The Labute approximate surface area is 259 Å². The number of amidine groups is 1. The van der Waals surface area contributed by atoms with Crippen molar-refractivity contribution >= 4 is 35.6 Å². The summed E-state index contributed by atoms with van der Waals surface area (Å²) in [5, 5.41) is 11.3. The summed E-state index contributed by atoms with van der Waals surface area (Å²) in [4.78, 5) is 26.8. The number of nitrogens with two attached hydrogens (primary N) is 2. The predicted octanol–water partition coefficient (Wildman–Crippen LogP) is 3.66. The first-order chi connectivity index (χ1) is 20.8. The molecule has 1 heterocycles. The summed E-state index contributed by atoms with van der Waals surface area (Å²) in [5.41, 5.74) is 11.6. The van der Waals surface area contributed by atoms with Gasteiger partial charge in [0.15, 0.2) is 5.84 Å². The molecule has 0 aliphatic heterocycles. The van der Waals surface area contributed by atoms with Gasteiger partial charge < -0.3 is 25.7 Å². The van der Waals surface area contributed by atoms with E-state index in [1.807, 2.05) is 12.1 Å². The normalized spacial score (nSPS) is 16.8. The molecule has 6 N–H and O–H groups in total. The summed E-state index contributed by atoms with van der Waals surface area (Å²) in [6.45, 7) is 3.79. The van der Waals surface area contributed by atoms with Crippen molar-refractivity contribution in [2.75, 3.05) is 33.4 Å². The minimum Gasteiger partial charge on any atom is -0.492 e. The second-order valence-electron chi connectivity index (χ2n) is 10.3. The maximum Gasteiger partial charge on any atom is 0.411 e. The highest BCUT2D eigenvalue weighted by molar-refractivity contribution is 6.38. The molecule has 236 valence electrons. The van der Waals surface area contributed by atoms with Crippen molar-refractivity contribution in [2.45, 2.75) is 70.1 Å². The van der Waals surface area contributed by atoms with Crippen LogP contribution in [0.4, 0.5) is 4.79 Å². The maximum absolute atomic E-state index is 11.4. The first-order valence-electron chi connectivity index (χ1n) is 14.5. The van der Waals surface area contributed by atoms with Crippen molar-refractivity contribution < 1.29 is 19.0 Å². The molecular formula is C30H45ClN8O4. The van der Waals surface area contributed by atoms with Crippen LogP contribution in [0.25, 0.3) is 0 Å². The molecule has 2 rings (SSSR count). The number of hydrogen-bond donors (Lipinski definition) is 4. The van der Waals surface area contributed by atoms with Crippen LogP contribution in [-0.2, 0) is 9.47 Å². The fourth-order valence-corrected chi connectivity index (χ4v) is 5.09. The molecule has 1 aromatic rings. The van der Waals surface area contributed by atoms with E-state index in [0.717, 1.165) is 19.4 Å². The van der Waals surface area contributed by atoms with Crippen LogP contribution in [0.1, 0.15) is 51.9 Å². The highest BCUT2D eigenvalue weighted by Gasteiger charge is 2.31. The van der Waals surface area contributed by atoms with Crippen molar-refractivity contribution in [3.8, 4) is 18.2 Å². The van der Waals surface area contributed by atoms with Gasteiger partial charge in [0.1, 0.15) is 5.75 Å². The molecule has 1 fully saturated rings. The van der Waals surface area contributed by atoms with E-state index in [-0.39, 0.29) is 24.5 Å². The number of aromatic nitrogens is 1. The van der Waals surface area contributed by atoms with E-state index in [1.165, 1.54) is 25.5 Å². The molecule has 0 spiro atoms. The van der Waals surface area contributed by atoms with Gasteiger partial charge in [-0.1, -0.05) is 37.3 Å². The molecule has 1 aliphatic carbocycles. The Hall–Kier alpha value is -3.50. The largest absolute Gasteiger partial charge is 0.492 e. The molecular weight excluding hydrogens is 572 g/mol. The molecule has 1 saturated carbocycles. The molecule has 1 aromatic heterocycles. The topological polar surface area (TPSA) is 174 Å². The number of aliphatic imine (C=N–C) groups is 2. The third-order valence-electron chi connectivity index (χ3n) is 7.09. The lowest BCUT2D eigenvalue weighted by atomic mass is 9.88. The van der Waals surface area contributed by atoms with Gasteiger partial charge in [-0.25, -0.2) is 4.79 Å². The molecule has 3 atom stereocenters. The van der Waals surface area contributed by atoms with Crippen molar-refractivity contribution in [1.82, 2.24) is 15.2 Å². The standard InChI is InChI=1S/C30H45ClN8O4/c1-4-37-29(28(33)43-30(34)40)38-26(12-15-36-18-22(2)31)27(17-32)39(20-23-9-6-5-7-10-23)21-25(41-3)13-16-42-24-11-8-14-35-19-24/h1,8,11,14-15,18-19,23,25-27,33H,5-7,9-10,12-13,16-17,20-21,32H2,2-3H3,(H2,34,40)(H,37,38)/b22-18+,33-28?,36-15-/t25?,26-,27?/m1/s1. The second-order valence-corrected chi connectivity index (χ2v) is 10.9. The second kappa shape index (κ2) is 20.4. The van der Waals surface area contributed by atoms with Crippen molar-refractivity contribution in [1.29, 1.82) is 5.41 Å². The highest BCUT2D eigenvalue weighted by atomic mass is 35.5. The number of rotatable bonds is 16. The highest BCUT2D eigenvalue weighted by Crippen LogP contribution is 2.26. The molecule has 0 saturated heterocycles. The number of allylic oxidation sites excluding steroid dienone is 1. The van der Waals surface area contributed by atoms with Crippen LogP contribution in [0.3, 0.4) is 0 Å². The lowest BCUT2D eigenvalue weighted by Gasteiger charge is -2.39. The minimum absolute atomic E-state index is 0.118. The van der Waals surface area contributed by atoms with Gasteiger partial charge in [0, 0.05) is 75.3 Å². The zero-order valence-electron chi connectivity index (χ0n) is 25.1. The summed E-state index contributed by atoms with van der Waals surface area (Å²) in [5.74, 6) is 0.473. The van der Waals surface area contributed by atoms with Crippen molar-refractivity contribution in [3.05, 3.63) is 35.8 Å². The molecule has 13 heteroatoms. The predicted molar refractivity (Wildman–Crippen MR) is 170 cm³/mol. The summed E-state index contributed by atoms with van der Waals surface area (Å²) in [7, 11) is 1.69. The van der Waals surface area contributed by atoms with Gasteiger partial charge >= 0.3 is 6.09 Å². The molecule has 43 heavy (non-hydrogen) atoms. The number of amides is 1. The van der Waals surface area contributed by atoms with Gasteiger partial charge in [-0.15, -0.1) is 0 Å². The number of primary amides is 1. The number of carbonyl (C=O) groups is 1. The van der Waals surface area contributed by atoms with E-state index in [9.17, 15) is 4.79 Å². The number of nitrogens with zero attached hydrogens (tertiary/aromatic N) is 4. The van der Waals surface area contributed by atoms with Gasteiger partial charge in [0.2, 0.25) is 0 Å². The molecule has 1 aliphatic rings. The number of terminal acetylenes is 1. The van der Waals surface area contributed by atoms with Crippen LogP contribution in [0.2, 0.25) is 0 Å². The smallest absolute Gasteiger partial charge is 0.411 e. The molecule has 0 radical (unpaired) electrons. The average Bonchev–Trinajstić information content (AvgIpc) is 2.99. The van der Waals surface area contributed by atoms with Crippen LogP contribution in [0, 0.1) is 23.8 Å². The Bertz CT molecular complexity index is 1110. The molecule has 0 bridgehead atoms. The lowest BCUT2D eigenvalue weighted by molar-refractivity contribution is 0.0235. The van der Waals surface area contributed by atoms with Crippen LogP contribution in [0.15, 0.2) is 45.7 Å². The average molecular weight is 617 g/mol. The van der Waals surface area contributed by atoms with Crippen LogP contribution < -0.4 is 21.5 Å². The van der Waals surface area contributed by atoms with Crippen molar-refractivity contribution in [3.63, 3.8) is 0 Å². The zero-order chi connectivity index (χ0) is 31.5. The van der Waals surface area contributed by atoms with Crippen molar-refractivity contribution in [2.24, 2.45) is 27.4 Å². The first-order valence-corrected chi connectivity index (χ1v) is 14.8. The Balaban J connectivity index is 2.39. The Morgan fingerprint density at radius 2 is 2.16 bits per heavy atom. The number of carbonyl (C=O) groups excluding carboxylic acids is 1. The molecule has 1 amide bonds. The number of methoxy groups -OCH3 is 1. The van der Waals surface area contributed by atoms with E-state index in [1.54, 1.807) is 32.6 Å². The van der Waals surface area contributed by atoms with E-state index in [0.29, 0.717) is 42.7 Å². The summed E-state index contributed by atoms with van der Waals surface area (Å²) in [6, 6.07) is 5.10. The van der Waals surface area contributed by atoms with E-state index < -0.39 is 18.0 Å². The third-order valence-corrected chi connectivity index (χ3v) is 7.19. The van der Waals surface area contributed by atoms with Gasteiger partial charge in [-0.3, -0.25) is 30.6 Å². The summed E-state index contributed by atoms with van der Waals surface area (Å²) >= 11 is 5.95. The fourth-order valence-electron chi connectivity index (χ4n) is 5.03. The Kier molecular flexibility index (Phi) is 16.9. The molecule has 0 aromatic carbocycles. The van der Waals surface area contributed by atoms with E-state index in [4.69, 9.17) is 54.1 Å². The third kappa shape index (κ3) is 14.0. The Morgan fingerprint density at radius 3 is 2.77 bits per heavy atom. The Morgan fingerprint density at radius 1 is 1.40 bits per heavy atom. The van der Waals surface area contributed by atoms with Gasteiger partial charge in [0.05, 0.1) is 24.9 Å². The van der Waals surface area contributed by atoms with Gasteiger partial charge in [-0.2, -0.15) is 0 Å². The van der Waals surface area contributed by atoms with E-state index in [2.05, 4.69) is 26.2 Å². The number of halogens is 1. The number of hydrogen-bond acceptors (Lipinski definition) is 10. The maximum atomic E-state index is 11.4. The number of pyridine rings is 1. The van der Waals surface area contributed by atoms with E-state index >= 15 is 0 Å². The van der Waals surface area contributed by atoms with Gasteiger partial charge in [-0.05, 0) is 37.8 Å². The van der Waals surface area contributed by atoms with Gasteiger partial charge in [0.25, 0.3) is 5.90 Å². The summed E-state index contributed by atoms with van der Waals surface area (Å²) < 4.78 is 16.6. The quantitative estimate of drug-likeness (QED) is 0.0942. The van der Waals surface area contributed by atoms with Crippen LogP contribution in [-0.4, -0.2) is 85.5 Å². The SMILES string of the molecule is C#CN/C(=N\[C@H](C/C=N\C=C(/C)Cl)C(CN)N(CC1CCCCC1)CC(CCOc1cccnc1)OC)C(=N)OC(N)=O. The lowest BCUT2D eigenvalue weighted by Crippen LogP contribution is -2.53. The first kappa shape index (κ1) is 35.7. The number of nitrogens with one attached hydrogen (secondary N) is 2. The molecule has 12 nitrogen and oxygen atoms in total. The monoisotopic (exact) mass is 616 g/mol. The number of ether oxygens (including phenoxy) is 3. The molecule has 2 unspecified atom stereocenters. The van der Waals surface area contributed by atoms with Crippen LogP contribution in [0.5, 0.6) is 5.75 Å². The minimum atomic E-state index is -1.15. The van der Waals surface area contributed by atoms with Crippen LogP contribution >= 0.6 is 11.6 Å². The fraction of sp³-hybridized carbons (Fsp3) is 0.567. The zero-order valence-corrected chi connectivity index (χ0v) is 25.8. The summed E-state index contributed by atoms with van der Waals surface area (Å²) in [6.07, 6.45) is 17.6.